The second kappa shape index (κ2) is 10.0. The fourth-order valence-electron chi connectivity index (χ4n) is 3.27. The van der Waals surface area contributed by atoms with Gasteiger partial charge in [-0.2, -0.15) is 5.10 Å². The summed E-state index contributed by atoms with van der Waals surface area (Å²) in [5, 5.41) is 13.8. The number of hydrogen-bond acceptors (Lipinski definition) is 5. The first-order valence-electron chi connectivity index (χ1n) is 9.41. The van der Waals surface area contributed by atoms with Gasteiger partial charge in [0.05, 0.1) is 6.61 Å². The van der Waals surface area contributed by atoms with Crippen LogP contribution in [0.3, 0.4) is 0 Å². The van der Waals surface area contributed by atoms with Crippen LogP contribution in [0.2, 0.25) is 0 Å². The molecule has 0 saturated carbocycles. The van der Waals surface area contributed by atoms with Crippen molar-refractivity contribution in [1.29, 1.82) is 0 Å². The van der Waals surface area contributed by atoms with Gasteiger partial charge in [-0.15, -0.1) is 0 Å². The van der Waals surface area contributed by atoms with Crippen LogP contribution in [0.1, 0.15) is 18.4 Å². The number of rotatable bonds is 7. The lowest BCUT2D eigenvalue weighted by atomic mass is 10.1. The first kappa shape index (κ1) is 19.3. The highest BCUT2D eigenvalue weighted by Gasteiger charge is 2.19. The van der Waals surface area contributed by atoms with Crippen molar-refractivity contribution in [2.45, 2.75) is 25.4 Å². The van der Waals surface area contributed by atoms with Crippen LogP contribution in [-0.2, 0) is 11.3 Å². The lowest BCUT2D eigenvalue weighted by molar-refractivity contribution is 0.128. The van der Waals surface area contributed by atoms with E-state index in [2.05, 4.69) is 47.8 Å². The molecule has 0 bridgehead atoms. The van der Waals surface area contributed by atoms with Crippen molar-refractivity contribution in [2.75, 3.05) is 40.4 Å². The Kier molecular flexibility index (Phi) is 7.18. The third-order valence-corrected chi connectivity index (χ3v) is 4.84. The van der Waals surface area contributed by atoms with E-state index in [1.165, 1.54) is 11.9 Å². The smallest absolute Gasteiger partial charge is 0.191 e. The third-order valence-electron chi connectivity index (χ3n) is 4.84. The number of likely N-dealkylation sites (tertiary alicyclic amines) is 1. The highest BCUT2D eigenvalue weighted by Crippen LogP contribution is 2.15. The molecule has 8 nitrogen and oxygen atoms in total. The second-order valence-corrected chi connectivity index (χ2v) is 6.71. The number of methoxy groups -OCH3 is 1. The van der Waals surface area contributed by atoms with Crippen molar-refractivity contribution >= 4 is 5.96 Å². The summed E-state index contributed by atoms with van der Waals surface area (Å²) in [6.45, 7) is 4.70. The van der Waals surface area contributed by atoms with Crippen LogP contribution in [0.5, 0.6) is 0 Å². The molecular formula is C19H29N7O. The fourth-order valence-corrected chi connectivity index (χ4v) is 3.27. The molecule has 2 aromatic rings. The van der Waals surface area contributed by atoms with E-state index in [9.17, 15) is 0 Å². The molecule has 0 spiro atoms. The number of H-pyrrole nitrogens is 1. The standard InChI is InChI=1S/C19H29N7O/c1-20-19(24-17-6-8-26(9-7-17)10-11-27-2)21-13-15-4-3-5-16(12-15)18-22-14-23-25-18/h3-5,12,14,17H,6-11,13H2,1-2H3,(H2,20,21,24)(H,22,23,25). The van der Waals surface area contributed by atoms with Crippen molar-refractivity contribution in [1.82, 2.24) is 30.7 Å². The van der Waals surface area contributed by atoms with Crippen LogP contribution in [0.4, 0.5) is 0 Å². The van der Waals surface area contributed by atoms with E-state index in [1.54, 1.807) is 7.11 Å². The third kappa shape index (κ3) is 5.77. The number of aliphatic imine (C=N–C) groups is 1. The van der Waals surface area contributed by atoms with Crippen LogP contribution >= 0.6 is 0 Å². The molecule has 1 aromatic heterocycles. The summed E-state index contributed by atoms with van der Waals surface area (Å²) in [6.07, 6.45) is 3.75. The quantitative estimate of drug-likeness (QED) is 0.501. The van der Waals surface area contributed by atoms with Gasteiger partial charge < -0.3 is 20.3 Å². The van der Waals surface area contributed by atoms with Gasteiger partial charge in [-0.1, -0.05) is 18.2 Å². The predicted octanol–water partition coefficient (Wildman–Crippen LogP) is 1.25. The SMILES string of the molecule is CN=C(NCc1cccc(-c2ncn[nH]2)c1)NC1CCN(CCOC)CC1. The fraction of sp³-hybridized carbons (Fsp3) is 0.526. The number of benzene rings is 1. The van der Waals surface area contributed by atoms with E-state index in [4.69, 9.17) is 4.74 Å². The number of nitrogens with one attached hydrogen (secondary N) is 3. The van der Waals surface area contributed by atoms with Gasteiger partial charge in [0, 0.05) is 51.9 Å². The van der Waals surface area contributed by atoms with E-state index in [0.717, 1.165) is 56.4 Å². The summed E-state index contributed by atoms with van der Waals surface area (Å²) in [6, 6.07) is 8.70. The lowest BCUT2D eigenvalue weighted by Crippen LogP contribution is -2.48. The summed E-state index contributed by atoms with van der Waals surface area (Å²) < 4.78 is 5.16. The van der Waals surface area contributed by atoms with Gasteiger partial charge in [-0.25, -0.2) is 4.98 Å². The number of hydrogen-bond donors (Lipinski definition) is 3. The number of aromatic nitrogens is 3. The summed E-state index contributed by atoms with van der Waals surface area (Å²) in [7, 11) is 3.57. The Morgan fingerprint density at radius 3 is 2.93 bits per heavy atom. The highest BCUT2D eigenvalue weighted by atomic mass is 16.5. The van der Waals surface area contributed by atoms with Crippen LogP contribution in [-0.4, -0.2) is 72.5 Å². The molecule has 2 heterocycles. The van der Waals surface area contributed by atoms with Gasteiger partial charge in [0.1, 0.15) is 6.33 Å². The number of guanidine groups is 1. The Bertz CT molecular complexity index is 709. The maximum atomic E-state index is 5.16. The van der Waals surface area contributed by atoms with E-state index in [1.807, 2.05) is 19.2 Å². The minimum Gasteiger partial charge on any atom is -0.383 e. The van der Waals surface area contributed by atoms with Gasteiger partial charge in [0.25, 0.3) is 0 Å². The van der Waals surface area contributed by atoms with Crippen LogP contribution in [0.15, 0.2) is 35.6 Å². The molecule has 1 aromatic carbocycles. The Labute approximate surface area is 160 Å². The molecule has 146 valence electrons. The topological polar surface area (TPSA) is 90.5 Å². The van der Waals surface area contributed by atoms with Crippen molar-refractivity contribution in [3.63, 3.8) is 0 Å². The Hall–Kier alpha value is -2.45. The van der Waals surface area contributed by atoms with Crippen molar-refractivity contribution in [2.24, 2.45) is 4.99 Å². The van der Waals surface area contributed by atoms with Gasteiger partial charge in [-0.3, -0.25) is 10.1 Å². The summed E-state index contributed by atoms with van der Waals surface area (Å²) >= 11 is 0. The molecule has 1 fully saturated rings. The second-order valence-electron chi connectivity index (χ2n) is 6.71. The molecule has 0 unspecified atom stereocenters. The molecule has 0 radical (unpaired) electrons. The molecule has 1 saturated heterocycles. The average molecular weight is 371 g/mol. The zero-order chi connectivity index (χ0) is 18.9. The zero-order valence-corrected chi connectivity index (χ0v) is 16.1. The van der Waals surface area contributed by atoms with Gasteiger partial charge in [-0.05, 0) is 24.5 Å². The largest absolute Gasteiger partial charge is 0.383 e. The van der Waals surface area contributed by atoms with Crippen LogP contribution in [0, 0.1) is 0 Å². The van der Waals surface area contributed by atoms with Gasteiger partial charge >= 0.3 is 0 Å². The van der Waals surface area contributed by atoms with Crippen molar-refractivity contribution in [3.8, 4) is 11.4 Å². The minimum absolute atomic E-state index is 0.454. The molecule has 3 N–H and O–H groups in total. The van der Waals surface area contributed by atoms with Crippen LogP contribution < -0.4 is 10.6 Å². The van der Waals surface area contributed by atoms with E-state index < -0.39 is 0 Å². The van der Waals surface area contributed by atoms with Gasteiger partial charge in [0.2, 0.25) is 0 Å². The number of piperidine rings is 1. The normalized spacial score (nSPS) is 16.4. The van der Waals surface area contributed by atoms with Gasteiger partial charge in [0.15, 0.2) is 11.8 Å². The molecular weight excluding hydrogens is 342 g/mol. The first-order chi connectivity index (χ1) is 13.3. The van der Waals surface area contributed by atoms with Crippen LogP contribution in [0.25, 0.3) is 11.4 Å². The summed E-state index contributed by atoms with van der Waals surface area (Å²) in [4.78, 5) is 11.0. The number of ether oxygens (including phenoxy) is 1. The van der Waals surface area contributed by atoms with E-state index >= 15 is 0 Å². The maximum absolute atomic E-state index is 5.16. The maximum Gasteiger partial charge on any atom is 0.191 e. The molecule has 8 heteroatoms. The predicted molar refractivity (Wildman–Crippen MR) is 106 cm³/mol. The average Bonchev–Trinajstić information content (AvgIpc) is 3.25. The molecule has 0 amide bonds. The Balaban J connectivity index is 1.47. The highest BCUT2D eigenvalue weighted by molar-refractivity contribution is 5.80. The molecule has 1 aliphatic heterocycles. The van der Waals surface area contributed by atoms with E-state index in [-0.39, 0.29) is 0 Å². The minimum atomic E-state index is 0.454. The summed E-state index contributed by atoms with van der Waals surface area (Å²) in [5.74, 6) is 1.62. The number of nitrogens with zero attached hydrogens (tertiary/aromatic N) is 4. The van der Waals surface area contributed by atoms with Crippen molar-refractivity contribution < 1.29 is 4.74 Å². The summed E-state index contributed by atoms with van der Waals surface area (Å²) in [5.41, 5.74) is 2.19. The van der Waals surface area contributed by atoms with Crippen molar-refractivity contribution in [3.05, 3.63) is 36.2 Å². The lowest BCUT2D eigenvalue weighted by Gasteiger charge is -2.32. The molecule has 1 aliphatic rings. The molecule has 0 aliphatic carbocycles. The monoisotopic (exact) mass is 371 g/mol. The number of aromatic amines is 1. The Morgan fingerprint density at radius 2 is 2.22 bits per heavy atom. The zero-order valence-electron chi connectivity index (χ0n) is 16.1. The van der Waals surface area contributed by atoms with E-state index in [0.29, 0.717) is 12.6 Å². The Morgan fingerprint density at radius 1 is 1.37 bits per heavy atom. The first-order valence-corrected chi connectivity index (χ1v) is 9.41. The molecule has 0 atom stereocenters. The molecule has 3 rings (SSSR count). The molecule has 27 heavy (non-hydrogen) atoms.